The van der Waals surface area contributed by atoms with E-state index in [9.17, 15) is 9.90 Å². The maximum absolute atomic E-state index is 12.9. The van der Waals surface area contributed by atoms with Gasteiger partial charge in [-0.05, 0) is 44.9 Å². The van der Waals surface area contributed by atoms with E-state index in [1.165, 1.54) is 0 Å². The minimum atomic E-state index is -0.533. The van der Waals surface area contributed by atoms with E-state index in [0.29, 0.717) is 42.1 Å². The van der Waals surface area contributed by atoms with Crippen molar-refractivity contribution in [2.24, 2.45) is 5.41 Å². The van der Waals surface area contributed by atoms with Crippen molar-refractivity contribution < 1.29 is 23.9 Å². The van der Waals surface area contributed by atoms with Crippen LogP contribution in [0.3, 0.4) is 0 Å². The molecular formula is C22H27N3O5. The van der Waals surface area contributed by atoms with E-state index < -0.39 is 5.41 Å². The average molecular weight is 413 g/mol. The molecule has 30 heavy (non-hydrogen) atoms. The predicted octanol–water partition coefficient (Wildman–Crippen LogP) is 3.01. The Bertz CT molecular complexity index is 968. The Labute approximate surface area is 175 Å². The molecule has 0 bridgehead atoms. The van der Waals surface area contributed by atoms with Crippen LogP contribution in [0.2, 0.25) is 0 Å². The molecule has 2 heterocycles. The van der Waals surface area contributed by atoms with Gasteiger partial charge in [0.25, 0.3) is 0 Å². The Morgan fingerprint density at radius 2 is 1.90 bits per heavy atom. The summed E-state index contributed by atoms with van der Waals surface area (Å²) in [4.78, 5) is 21.9. The fourth-order valence-electron chi connectivity index (χ4n) is 4.81. The molecular weight excluding hydrogens is 386 g/mol. The molecule has 0 saturated heterocycles. The molecule has 8 nitrogen and oxygen atoms in total. The summed E-state index contributed by atoms with van der Waals surface area (Å²) >= 11 is 0. The number of ether oxygens (including phenoxy) is 2. The van der Waals surface area contributed by atoms with Gasteiger partial charge in [-0.3, -0.25) is 4.79 Å². The minimum absolute atomic E-state index is 0.106. The van der Waals surface area contributed by atoms with Gasteiger partial charge in [-0.1, -0.05) is 11.6 Å². The van der Waals surface area contributed by atoms with E-state index in [1.807, 2.05) is 0 Å². The maximum atomic E-state index is 12.9. The Morgan fingerprint density at radius 1 is 1.10 bits per heavy atom. The molecule has 5 rings (SSSR count). The maximum Gasteiger partial charge on any atom is 0.220 e. The van der Waals surface area contributed by atoms with E-state index in [4.69, 9.17) is 14.0 Å². The highest BCUT2D eigenvalue weighted by Crippen LogP contribution is 2.48. The fourth-order valence-corrected chi connectivity index (χ4v) is 4.81. The molecule has 2 saturated carbocycles. The quantitative estimate of drug-likeness (QED) is 0.770. The molecule has 1 atom stereocenters. The lowest BCUT2D eigenvalue weighted by Gasteiger charge is -2.36. The summed E-state index contributed by atoms with van der Waals surface area (Å²) in [6.45, 7) is 0.507. The van der Waals surface area contributed by atoms with Crippen LogP contribution in [0.15, 0.2) is 10.6 Å². The summed E-state index contributed by atoms with van der Waals surface area (Å²) in [6, 6.07) is 1.63. The molecule has 0 aromatic carbocycles. The lowest BCUT2D eigenvalue weighted by molar-refractivity contribution is -0.128. The van der Waals surface area contributed by atoms with Crippen LogP contribution >= 0.6 is 0 Å². The van der Waals surface area contributed by atoms with Gasteiger partial charge in [0.05, 0.1) is 31.8 Å². The third-order valence-corrected chi connectivity index (χ3v) is 6.96. The van der Waals surface area contributed by atoms with E-state index in [1.54, 1.807) is 13.2 Å². The molecule has 1 spiro atoms. The molecule has 3 aliphatic carbocycles. The number of Topliss-reactive ketones (excluding diaryl/α,β-unsaturated/α-hetero) is 1. The first-order valence-corrected chi connectivity index (χ1v) is 10.8. The van der Waals surface area contributed by atoms with Gasteiger partial charge in [-0.15, -0.1) is 0 Å². The summed E-state index contributed by atoms with van der Waals surface area (Å²) in [5.74, 6) is 2.11. The molecule has 0 amide bonds. The Kier molecular flexibility index (Phi) is 4.76. The lowest BCUT2D eigenvalue weighted by Crippen LogP contribution is -2.41. The van der Waals surface area contributed by atoms with Crippen LogP contribution < -0.4 is 9.47 Å². The highest BCUT2D eigenvalue weighted by molar-refractivity contribution is 5.91. The molecule has 0 aliphatic heterocycles. The number of nitrogens with zero attached hydrogens (tertiary/aromatic N) is 3. The van der Waals surface area contributed by atoms with Crippen molar-refractivity contribution >= 4 is 5.78 Å². The number of carbonyl (C=O) groups is 1. The number of fused-ring (bicyclic) bond motifs is 2. The first-order chi connectivity index (χ1) is 14.6. The summed E-state index contributed by atoms with van der Waals surface area (Å²) in [6.07, 6.45) is 7.83. The van der Waals surface area contributed by atoms with Crippen molar-refractivity contribution in [3.8, 4) is 23.3 Å². The van der Waals surface area contributed by atoms with Gasteiger partial charge >= 0.3 is 0 Å². The average Bonchev–Trinajstić information content (AvgIpc) is 3.43. The van der Waals surface area contributed by atoms with Crippen molar-refractivity contribution in [1.82, 2.24) is 15.1 Å². The number of hydrogen-bond donors (Lipinski definition) is 1. The van der Waals surface area contributed by atoms with Crippen LogP contribution in [0.25, 0.3) is 11.5 Å². The second-order valence-electron chi connectivity index (χ2n) is 8.92. The molecule has 1 N–H and O–H groups in total. The van der Waals surface area contributed by atoms with Crippen LogP contribution in [0.5, 0.6) is 11.8 Å². The molecule has 0 radical (unpaired) electrons. The molecule has 2 aromatic heterocycles. The van der Waals surface area contributed by atoms with Crippen LogP contribution in [0.4, 0.5) is 0 Å². The predicted molar refractivity (Wildman–Crippen MR) is 106 cm³/mol. The van der Waals surface area contributed by atoms with Gasteiger partial charge in [0, 0.05) is 17.4 Å². The lowest BCUT2D eigenvalue weighted by atomic mass is 9.64. The van der Waals surface area contributed by atoms with E-state index >= 15 is 0 Å². The van der Waals surface area contributed by atoms with E-state index in [2.05, 4.69) is 15.1 Å². The standard InChI is InChI=1S/C22H27N3O5/c1-28-16-11-17(29-13-21(12-26)9-10-21)24-20(23-16)18-14-5-4-8-22(19(14)30-25-18)7-3-2-6-15(22)27/h11,26H,2-10,12-13H2,1H3/t22-/m1/s1. The van der Waals surface area contributed by atoms with Crippen molar-refractivity contribution in [1.29, 1.82) is 0 Å². The molecule has 160 valence electrons. The molecule has 3 aliphatic rings. The van der Waals surface area contributed by atoms with Gasteiger partial charge in [0.15, 0.2) is 17.3 Å². The summed E-state index contributed by atoms with van der Waals surface area (Å²) in [5.41, 5.74) is 0.813. The van der Waals surface area contributed by atoms with E-state index in [0.717, 1.165) is 56.9 Å². The number of carbonyl (C=O) groups excluding carboxylic acids is 1. The van der Waals surface area contributed by atoms with Crippen molar-refractivity contribution in [2.75, 3.05) is 20.3 Å². The van der Waals surface area contributed by atoms with Gasteiger partial charge in [-0.2, -0.15) is 9.97 Å². The second kappa shape index (κ2) is 7.34. The summed E-state index contributed by atoms with van der Waals surface area (Å²) in [5, 5.41) is 13.8. The molecule has 0 unspecified atom stereocenters. The summed E-state index contributed by atoms with van der Waals surface area (Å²) < 4.78 is 17.0. The van der Waals surface area contributed by atoms with Crippen molar-refractivity contribution in [3.63, 3.8) is 0 Å². The number of ketones is 1. The number of methoxy groups -OCH3 is 1. The summed E-state index contributed by atoms with van der Waals surface area (Å²) in [7, 11) is 1.54. The fraction of sp³-hybridized carbons (Fsp3) is 0.636. The van der Waals surface area contributed by atoms with Gasteiger partial charge < -0.3 is 19.1 Å². The molecule has 2 fully saturated rings. The highest BCUT2D eigenvalue weighted by Gasteiger charge is 2.48. The topological polar surface area (TPSA) is 108 Å². The molecule has 2 aromatic rings. The molecule has 8 heteroatoms. The zero-order chi connectivity index (χ0) is 20.8. The number of hydrogen-bond acceptors (Lipinski definition) is 8. The number of aliphatic hydroxyl groups excluding tert-OH is 1. The monoisotopic (exact) mass is 413 g/mol. The van der Waals surface area contributed by atoms with Crippen LogP contribution in [-0.2, 0) is 16.6 Å². The third kappa shape index (κ3) is 3.17. The normalized spacial score (nSPS) is 24.5. The van der Waals surface area contributed by atoms with E-state index in [-0.39, 0.29) is 17.8 Å². The van der Waals surface area contributed by atoms with Crippen molar-refractivity contribution in [3.05, 3.63) is 17.4 Å². The zero-order valence-electron chi connectivity index (χ0n) is 17.3. The third-order valence-electron chi connectivity index (χ3n) is 6.96. The first-order valence-electron chi connectivity index (χ1n) is 10.8. The van der Waals surface area contributed by atoms with Crippen LogP contribution in [-0.4, -0.2) is 46.3 Å². The minimum Gasteiger partial charge on any atom is -0.481 e. The van der Waals surface area contributed by atoms with Gasteiger partial charge in [0.1, 0.15) is 5.78 Å². The largest absolute Gasteiger partial charge is 0.481 e. The number of aliphatic hydroxyl groups is 1. The van der Waals surface area contributed by atoms with Gasteiger partial charge in [0.2, 0.25) is 11.8 Å². The second-order valence-corrected chi connectivity index (χ2v) is 8.92. The van der Waals surface area contributed by atoms with Crippen LogP contribution in [0.1, 0.15) is 62.7 Å². The number of rotatable bonds is 6. The SMILES string of the molecule is COc1cc(OCC2(CO)CC2)nc(-c2noc3c2CCC[C@@]32CCCCC2=O)n1. The van der Waals surface area contributed by atoms with Gasteiger partial charge in [-0.25, -0.2) is 0 Å². The van der Waals surface area contributed by atoms with Crippen molar-refractivity contribution in [2.45, 2.75) is 63.2 Å². The number of aromatic nitrogens is 3. The smallest absolute Gasteiger partial charge is 0.220 e. The first kappa shape index (κ1) is 19.5. The Morgan fingerprint density at radius 3 is 2.63 bits per heavy atom. The highest BCUT2D eigenvalue weighted by atomic mass is 16.5. The zero-order valence-corrected chi connectivity index (χ0v) is 17.3. The van der Waals surface area contributed by atoms with Crippen LogP contribution in [0, 0.1) is 5.41 Å². The Balaban J connectivity index is 1.49. The Hall–Kier alpha value is -2.48.